The average molecular weight is 244 g/mol. The predicted octanol–water partition coefficient (Wildman–Crippen LogP) is 1.03. The number of rotatable bonds is 6. The number of nitrogens with one attached hydrogen (secondary N) is 1. The standard InChI is InChI=1S/C13H16N4O/c18-13(10-12-4-1-2-5-15-12)16-6-3-8-17-9-7-14-11-17/h1-2,4-5,7,9,11H,3,6,8,10H2,(H,16,18). The number of pyridine rings is 1. The first-order chi connectivity index (χ1) is 8.84. The third-order valence-electron chi connectivity index (χ3n) is 2.54. The molecule has 2 rings (SSSR count). The molecule has 0 saturated carbocycles. The van der Waals surface area contributed by atoms with Crippen molar-refractivity contribution in [3.05, 3.63) is 48.8 Å². The summed E-state index contributed by atoms with van der Waals surface area (Å²) in [6.07, 6.45) is 8.36. The molecule has 5 heteroatoms. The topological polar surface area (TPSA) is 59.8 Å². The lowest BCUT2D eigenvalue weighted by Gasteiger charge is -2.05. The van der Waals surface area contributed by atoms with Crippen LogP contribution in [0.5, 0.6) is 0 Å². The van der Waals surface area contributed by atoms with Gasteiger partial charge >= 0.3 is 0 Å². The minimum atomic E-state index is 0.0133. The molecule has 2 aromatic heterocycles. The molecule has 1 N–H and O–H groups in total. The molecule has 0 bridgehead atoms. The maximum Gasteiger partial charge on any atom is 0.226 e. The van der Waals surface area contributed by atoms with Gasteiger partial charge in [0.1, 0.15) is 0 Å². The van der Waals surface area contributed by atoms with Crippen LogP contribution >= 0.6 is 0 Å². The molecule has 5 nitrogen and oxygen atoms in total. The summed E-state index contributed by atoms with van der Waals surface area (Å²) in [4.78, 5) is 19.7. The van der Waals surface area contributed by atoms with E-state index in [4.69, 9.17) is 0 Å². The minimum absolute atomic E-state index is 0.0133. The van der Waals surface area contributed by atoms with Crippen LogP contribution in [0.3, 0.4) is 0 Å². The molecule has 0 aliphatic rings. The van der Waals surface area contributed by atoms with Gasteiger partial charge in [-0.3, -0.25) is 9.78 Å². The number of imidazole rings is 1. The Morgan fingerprint density at radius 1 is 1.33 bits per heavy atom. The largest absolute Gasteiger partial charge is 0.356 e. The molecule has 0 saturated heterocycles. The van der Waals surface area contributed by atoms with Crippen LogP contribution in [-0.2, 0) is 17.8 Å². The van der Waals surface area contributed by atoms with Crippen molar-refractivity contribution in [2.75, 3.05) is 6.54 Å². The second-order valence-corrected chi connectivity index (χ2v) is 4.00. The molecule has 94 valence electrons. The zero-order valence-corrected chi connectivity index (χ0v) is 10.1. The van der Waals surface area contributed by atoms with Gasteiger partial charge < -0.3 is 9.88 Å². The van der Waals surface area contributed by atoms with E-state index in [0.717, 1.165) is 18.7 Å². The maximum absolute atomic E-state index is 11.6. The summed E-state index contributed by atoms with van der Waals surface area (Å²) in [6.45, 7) is 1.54. The van der Waals surface area contributed by atoms with Crippen LogP contribution in [0.4, 0.5) is 0 Å². The van der Waals surface area contributed by atoms with Crippen LogP contribution in [0.15, 0.2) is 43.1 Å². The smallest absolute Gasteiger partial charge is 0.226 e. The fourth-order valence-electron chi connectivity index (χ4n) is 1.64. The van der Waals surface area contributed by atoms with Gasteiger partial charge in [-0.1, -0.05) is 6.07 Å². The molecule has 18 heavy (non-hydrogen) atoms. The first kappa shape index (κ1) is 12.3. The van der Waals surface area contributed by atoms with Crippen molar-refractivity contribution in [3.63, 3.8) is 0 Å². The van der Waals surface area contributed by atoms with Crippen molar-refractivity contribution < 1.29 is 4.79 Å². The van der Waals surface area contributed by atoms with Gasteiger partial charge in [0.2, 0.25) is 5.91 Å². The van der Waals surface area contributed by atoms with Gasteiger partial charge in [-0.15, -0.1) is 0 Å². The Labute approximate surface area is 106 Å². The highest BCUT2D eigenvalue weighted by molar-refractivity contribution is 5.77. The molecule has 0 unspecified atom stereocenters. The Hall–Kier alpha value is -2.17. The number of aryl methyl sites for hydroxylation is 1. The zero-order valence-electron chi connectivity index (χ0n) is 10.1. The Morgan fingerprint density at radius 2 is 2.28 bits per heavy atom. The van der Waals surface area contributed by atoms with Crippen LogP contribution in [0.1, 0.15) is 12.1 Å². The maximum atomic E-state index is 11.6. The molecule has 0 aliphatic carbocycles. The molecular weight excluding hydrogens is 228 g/mol. The summed E-state index contributed by atoms with van der Waals surface area (Å²) in [5.74, 6) is 0.0133. The molecule has 0 atom stereocenters. The summed E-state index contributed by atoms with van der Waals surface area (Å²) >= 11 is 0. The Morgan fingerprint density at radius 3 is 3.00 bits per heavy atom. The summed E-state index contributed by atoms with van der Waals surface area (Å²) in [7, 11) is 0. The van der Waals surface area contributed by atoms with Crippen LogP contribution in [0.25, 0.3) is 0 Å². The highest BCUT2D eigenvalue weighted by Gasteiger charge is 2.02. The molecule has 0 fully saturated rings. The number of carbonyl (C=O) groups excluding carboxylic acids is 1. The molecule has 2 aromatic rings. The Balaban J connectivity index is 1.63. The molecule has 2 heterocycles. The number of aromatic nitrogens is 3. The van der Waals surface area contributed by atoms with Crippen molar-refractivity contribution in [2.24, 2.45) is 0 Å². The molecule has 0 spiro atoms. The van der Waals surface area contributed by atoms with E-state index in [0.29, 0.717) is 13.0 Å². The number of carbonyl (C=O) groups is 1. The summed E-state index contributed by atoms with van der Waals surface area (Å²) in [5, 5.41) is 2.88. The van der Waals surface area contributed by atoms with Crippen molar-refractivity contribution in [3.8, 4) is 0 Å². The van der Waals surface area contributed by atoms with E-state index < -0.39 is 0 Å². The van der Waals surface area contributed by atoms with Gasteiger partial charge in [0.25, 0.3) is 0 Å². The summed E-state index contributed by atoms with van der Waals surface area (Å²) in [6, 6.07) is 5.58. The fraction of sp³-hybridized carbons (Fsp3) is 0.308. The number of hydrogen-bond acceptors (Lipinski definition) is 3. The molecular formula is C13H16N4O. The number of nitrogens with zero attached hydrogens (tertiary/aromatic N) is 3. The van der Waals surface area contributed by atoms with E-state index >= 15 is 0 Å². The normalized spacial score (nSPS) is 10.2. The first-order valence-corrected chi connectivity index (χ1v) is 5.97. The second-order valence-electron chi connectivity index (χ2n) is 4.00. The van der Waals surface area contributed by atoms with Gasteiger partial charge in [0, 0.05) is 37.4 Å². The second kappa shape index (κ2) is 6.54. The molecule has 0 aromatic carbocycles. The highest BCUT2D eigenvalue weighted by atomic mass is 16.1. The van der Waals surface area contributed by atoms with Crippen molar-refractivity contribution in [2.45, 2.75) is 19.4 Å². The number of amides is 1. The summed E-state index contributed by atoms with van der Waals surface area (Å²) in [5.41, 5.74) is 0.796. The van der Waals surface area contributed by atoms with Crippen LogP contribution in [0.2, 0.25) is 0 Å². The monoisotopic (exact) mass is 244 g/mol. The van der Waals surface area contributed by atoms with Gasteiger partial charge in [0.15, 0.2) is 0 Å². The van der Waals surface area contributed by atoms with Gasteiger partial charge in [-0.05, 0) is 18.6 Å². The van der Waals surface area contributed by atoms with Crippen molar-refractivity contribution >= 4 is 5.91 Å². The SMILES string of the molecule is O=C(Cc1ccccn1)NCCCn1ccnc1. The molecule has 1 amide bonds. The van der Waals surface area contributed by atoms with E-state index in [1.54, 1.807) is 18.7 Å². The van der Waals surface area contributed by atoms with Crippen LogP contribution in [0, 0.1) is 0 Å². The van der Waals surface area contributed by atoms with Gasteiger partial charge in [0.05, 0.1) is 12.7 Å². The van der Waals surface area contributed by atoms with E-state index in [9.17, 15) is 4.79 Å². The van der Waals surface area contributed by atoms with Gasteiger partial charge in [-0.25, -0.2) is 4.98 Å². The van der Waals surface area contributed by atoms with E-state index in [-0.39, 0.29) is 5.91 Å². The average Bonchev–Trinajstić information content (AvgIpc) is 2.89. The quantitative estimate of drug-likeness (QED) is 0.772. The van der Waals surface area contributed by atoms with Crippen molar-refractivity contribution in [1.29, 1.82) is 0 Å². The Kier molecular flexibility index (Phi) is 4.46. The Bertz CT molecular complexity index is 467. The minimum Gasteiger partial charge on any atom is -0.356 e. The lowest BCUT2D eigenvalue weighted by molar-refractivity contribution is -0.120. The fourth-order valence-corrected chi connectivity index (χ4v) is 1.64. The first-order valence-electron chi connectivity index (χ1n) is 5.97. The number of hydrogen-bond donors (Lipinski definition) is 1. The van der Waals surface area contributed by atoms with Crippen molar-refractivity contribution in [1.82, 2.24) is 19.9 Å². The lowest BCUT2D eigenvalue weighted by atomic mass is 10.2. The highest BCUT2D eigenvalue weighted by Crippen LogP contribution is 1.94. The lowest BCUT2D eigenvalue weighted by Crippen LogP contribution is -2.27. The third-order valence-corrected chi connectivity index (χ3v) is 2.54. The van der Waals surface area contributed by atoms with Gasteiger partial charge in [-0.2, -0.15) is 0 Å². The summed E-state index contributed by atoms with van der Waals surface area (Å²) < 4.78 is 1.99. The molecule has 0 radical (unpaired) electrons. The third kappa shape index (κ3) is 4.01. The van der Waals surface area contributed by atoms with E-state index in [1.807, 2.05) is 29.0 Å². The zero-order chi connectivity index (χ0) is 12.6. The predicted molar refractivity (Wildman–Crippen MR) is 67.8 cm³/mol. The van der Waals surface area contributed by atoms with Crippen LogP contribution in [-0.4, -0.2) is 27.0 Å². The van der Waals surface area contributed by atoms with E-state index in [1.165, 1.54) is 0 Å². The molecule has 0 aliphatic heterocycles. The van der Waals surface area contributed by atoms with E-state index in [2.05, 4.69) is 15.3 Å². The van der Waals surface area contributed by atoms with Crippen LogP contribution < -0.4 is 5.32 Å².